The lowest BCUT2D eigenvalue weighted by Gasteiger charge is -2.18. The third-order valence-electron chi connectivity index (χ3n) is 5.13. The predicted octanol–water partition coefficient (Wildman–Crippen LogP) is 3.92. The van der Waals surface area contributed by atoms with E-state index in [2.05, 4.69) is 25.4 Å². The van der Waals surface area contributed by atoms with Crippen LogP contribution < -0.4 is 11.1 Å². The number of nitrogens with one attached hydrogen (secondary N) is 2. The number of H-pyrrole nitrogens is 1. The molecule has 7 nitrogen and oxygen atoms in total. The van der Waals surface area contributed by atoms with Crippen LogP contribution in [0.2, 0.25) is 0 Å². The molecule has 10 heteroatoms. The number of carbonyl (C=O) groups excluding carboxylic acids is 1. The minimum Gasteiger partial charge on any atom is -0.397 e. The number of halogens is 3. The first kappa shape index (κ1) is 20.9. The van der Waals surface area contributed by atoms with Gasteiger partial charge < -0.3 is 11.1 Å². The zero-order valence-corrected chi connectivity index (χ0v) is 16.5. The number of carbonyl (C=O) groups is 1. The van der Waals surface area contributed by atoms with Crippen LogP contribution in [0.3, 0.4) is 0 Å². The van der Waals surface area contributed by atoms with E-state index in [1.54, 1.807) is 18.2 Å². The summed E-state index contributed by atoms with van der Waals surface area (Å²) in [4.78, 5) is 18.9. The van der Waals surface area contributed by atoms with Gasteiger partial charge >= 0.3 is 6.18 Å². The molecule has 0 radical (unpaired) electrons. The number of pyridine rings is 1. The molecule has 0 atom stereocenters. The Balaban J connectivity index is 1.73. The molecule has 0 unspecified atom stereocenters. The van der Waals surface area contributed by atoms with Crippen molar-refractivity contribution in [3.63, 3.8) is 0 Å². The number of benzene rings is 1. The van der Waals surface area contributed by atoms with Gasteiger partial charge in [-0.25, -0.2) is 4.98 Å². The topological polar surface area (TPSA) is 99.9 Å². The zero-order chi connectivity index (χ0) is 22.0. The molecule has 1 saturated heterocycles. The van der Waals surface area contributed by atoms with Crippen molar-refractivity contribution in [1.29, 1.82) is 0 Å². The first-order valence-electron chi connectivity index (χ1n) is 9.81. The number of nitrogen functional groups attached to an aromatic ring is 1. The average Bonchev–Trinajstić information content (AvgIpc) is 3.41. The van der Waals surface area contributed by atoms with Gasteiger partial charge in [-0.15, -0.1) is 0 Å². The van der Waals surface area contributed by atoms with Gasteiger partial charge in [-0.3, -0.25) is 14.8 Å². The molecule has 0 aliphatic carbocycles. The van der Waals surface area contributed by atoms with Gasteiger partial charge in [-0.2, -0.15) is 18.3 Å². The van der Waals surface area contributed by atoms with Crippen molar-refractivity contribution in [2.45, 2.75) is 25.6 Å². The third kappa shape index (κ3) is 4.69. The van der Waals surface area contributed by atoms with E-state index in [0.29, 0.717) is 6.54 Å². The van der Waals surface area contributed by atoms with Crippen molar-refractivity contribution in [3.05, 3.63) is 59.4 Å². The Morgan fingerprint density at radius 2 is 1.97 bits per heavy atom. The van der Waals surface area contributed by atoms with E-state index >= 15 is 0 Å². The van der Waals surface area contributed by atoms with E-state index in [9.17, 15) is 18.0 Å². The number of likely N-dealkylation sites (tertiary alicyclic amines) is 1. The van der Waals surface area contributed by atoms with Crippen LogP contribution in [-0.4, -0.2) is 39.1 Å². The van der Waals surface area contributed by atoms with Crippen LogP contribution >= 0.6 is 0 Å². The summed E-state index contributed by atoms with van der Waals surface area (Å²) in [5.74, 6) is -0.454. The van der Waals surface area contributed by atoms with Crippen LogP contribution in [-0.2, 0) is 12.7 Å². The van der Waals surface area contributed by atoms with Crippen LogP contribution in [0.1, 0.15) is 34.5 Å². The number of aromatic amines is 1. The molecule has 3 aromatic rings. The van der Waals surface area contributed by atoms with Crippen molar-refractivity contribution >= 4 is 17.4 Å². The Morgan fingerprint density at radius 3 is 2.65 bits per heavy atom. The maximum Gasteiger partial charge on any atom is 0.418 e. The number of alkyl halides is 3. The Bertz CT molecular complexity index is 1080. The molecule has 1 amide bonds. The molecule has 1 fully saturated rings. The Kier molecular flexibility index (Phi) is 5.64. The van der Waals surface area contributed by atoms with Crippen LogP contribution in [0.4, 0.5) is 24.7 Å². The van der Waals surface area contributed by atoms with Crippen molar-refractivity contribution in [2.75, 3.05) is 24.1 Å². The van der Waals surface area contributed by atoms with E-state index in [0.717, 1.165) is 37.6 Å². The second-order valence-corrected chi connectivity index (χ2v) is 7.43. The lowest BCUT2D eigenvalue weighted by molar-refractivity contribution is -0.137. The molecule has 1 aliphatic rings. The van der Waals surface area contributed by atoms with E-state index < -0.39 is 17.6 Å². The number of nitrogens with zero attached hydrogens (tertiary/aromatic N) is 3. The smallest absolute Gasteiger partial charge is 0.397 e. The lowest BCUT2D eigenvalue weighted by Crippen LogP contribution is -2.19. The Labute approximate surface area is 176 Å². The molecule has 31 heavy (non-hydrogen) atoms. The molecule has 0 spiro atoms. The molecule has 4 rings (SSSR count). The van der Waals surface area contributed by atoms with Crippen LogP contribution in [0.5, 0.6) is 0 Å². The molecule has 2 aromatic heterocycles. The highest BCUT2D eigenvalue weighted by atomic mass is 19.4. The largest absolute Gasteiger partial charge is 0.418 e. The van der Waals surface area contributed by atoms with Gasteiger partial charge in [0.1, 0.15) is 5.82 Å². The fraction of sp³-hybridized carbons (Fsp3) is 0.286. The van der Waals surface area contributed by atoms with Crippen molar-refractivity contribution in [3.8, 4) is 11.3 Å². The van der Waals surface area contributed by atoms with Gasteiger partial charge in [-0.1, -0.05) is 18.2 Å². The standard InChI is InChI=1S/C21H21F3N6O/c22-21(23,24)15-11-16(25)19(20(31)27-17-6-7-26-29-17)28-18(15)14-5-3-4-13(10-14)12-30-8-1-2-9-30/h3-7,10-11H,1-2,8-9,12,25H2,(H2,26,27,29,31). The summed E-state index contributed by atoms with van der Waals surface area (Å²) < 4.78 is 41.3. The first-order chi connectivity index (χ1) is 14.8. The van der Waals surface area contributed by atoms with Crippen LogP contribution in [0.25, 0.3) is 11.3 Å². The molecule has 1 aromatic carbocycles. The number of aromatic nitrogens is 3. The summed E-state index contributed by atoms with van der Waals surface area (Å²) in [5, 5.41) is 8.74. The minimum atomic E-state index is -4.68. The van der Waals surface area contributed by atoms with E-state index in [-0.39, 0.29) is 28.5 Å². The molecule has 162 valence electrons. The Hall–Kier alpha value is -3.40. The molecule has 0 saturated carbocycles. The number of nitrogens with two attached hydrogens (primary N) is 1. The highest BCUT2D eigenvalue weighted by molar-refractivity contribution is 6.06. The second kappa shape index (κ2) is 8.38. The van der Waals surface area contributed by atoms with Crippen molar-refractivity contribution in [1.82, 2.24) is 20.1 Å². The number of hydrogen-bond donors (Lipinski definition) is 3. The van der Waals surface area contributed by atoms with Gasteiger partial charge in [-0.05, 0) is 43.6 Å². The summed E-state index contributed by atoms with van der Waals surface area (Å²) in [6, 6.07) is 9.07. The van der Waals surface area contributed by atoms with Gasteiger partial charge in [0.25, 0.3) is 5.91 Å². The monoisotopic (exact) mass is 430 g/mol. The highest BCUT2D eigenvalue weighted by Crippen LogP contribution is 2.38. The van der Waals surface area contributed by atoms with Gasteiger partial charge in [0, 0.05) is 18.2 Å². The number of rotatable bonds is 5. The maximum absolute atomic E-state index is 13.8. The maximum atomic E-state index is 13.8. The summed E-state index contributed by atoms with van der Waals surface area (Å²) in [5.41, 5.74) is 4.97. The quantitative estimate of drug-likeness (QED) is 0.570. The summed E-state index contributed by atoms with van der Waals surface area (Å²) in [6.07, 6.45) is -1.02. The van der Waals surface area contributed by atoms with E-state index in [1.807, 2.05) is 6.07 Å². The van der Waals surface area contributed by atoms with Crippen molar-refractivity contribution < 1.29 is 18.0 Å². The second-order valence-electron chi connectivity index (χ2n) is 7.43. The van der Waals surface area contributed by atoms with E-state index in [1.165, 1.54) is 12.3 Å². The number of amides is 1. The van der Waals surface area contributed by atoms with Gasteiger partial charge in [0.2, 0.25) is 0 Å². The molecular formula is C21H21F3N6O. The van der Waals surface area contributed by atoms with E-state index in [4.69, 9.17) is 5.73 Å². The first-order valence-corrected chi connectivity index (χ1v) is 9.81. The molecular weight excluding hydrogens is 409 g/mol. The van der Waals surface area contributed by atoms with Crippen LogP contribution in [0.15, 0.2) is 42.6 Å². The highest BCUT2D eigenvalue weighted by Gasteiger charge is 2.36. The number of anilines is 2. The summed E-state index contributed by atoms with van der Waals surface area (Å²) in [6.45, 7) is 2.59. The summed E-state index contributed by atoms with van der Waals surface area (Å²) in [7, 11) is 0. The lowest BCUT2D eigenvalue weighted by atomic mass is 10.0. The SMILES string of the molecule is Nc1cc(C(F)(F)F)c(-c2cccc(CN3CCCC3)c2)nc1C(=O)Nc1ccn[nH]1. The fourth-order valence-electron chi connectivity index (χ4n) is 3.67. The Morgan fingerprint density at radius 1 is 1.19 bits per heavy atom. The predicted molar refractivity (Wildman–Crippen MR) is 110 cm³/mol. The molecule has 3 heterocycles. The van der Waals surface area contributed by atoms with Crippen LogP contribution in [0, 0.1) is 0 Å². The average molecular weight is 430 g/mol. The zero-order valence-electron chi connectivity index (χ0n) is 16.5. The molecule has 1 aliphatic heterocycles. The fourth-order valence-corrected chi connectivity index (χ4v) is 3.67. The number of hydrogen-bond acceptors (Lipinski definition) is 5. The van der Waals surface area contributed by atoms with Gasteiger partial charge in [0.05, 0.1) is 23.1 Å². The molecule has 0 bridgehead atoms. The normalized spacial score (nSPS) is 14.7. The van der Waals surface area contributed by atoms with Crippen molar-refractivity contribution in [2.24, 2.45) is 0 Å². The third-order valence-corrected chi connectivity index (χ3v) is 5.13. The minimum absolute atomic E-state index is 0.277. The summed E-state index contributed by atoms with van der Waals surface area (Å²) >= 11 is 0. The van der Waals surface area contributed by atoms with Gasteiger partial charge in [0.15, 0.2) is 5.69 Å². The molecule has 4 N–H and O–H groups in total.